The van der Waals surface area contributed by atoms with Gasteiger partial charge in [0.15, 0.2) is 5.11 Å². The molecule has 2 atom stereocenters. The smallest absolute Gasteiger partial charge is 0.174 e. The largest absolute Gasteiger partial charge is 0.351 e. The molecule has 2 aromatic carbocycles. The number of nitrogens with zero attached hydrogens (tertiary/aromatic N) is 3. The number of hydrogen-bond acceptors (Lipinski definition) is 2. The quantitative estimate of drug-likeness (QED) is 0.299. The molecule has 0 unspecified atom stereocenters. The molecule has 2 aromatic heterocycles. The zero-order valence-corrected chi connectivity index (χ0v) is 22.8. The predicted molar refractivity (Wildman–Crippen MR) is 153 cm³/mol. The standard InChI is InChI=1S/C31H34N4S/c1-7-24-11-13-25(14-12-24)35-30(28(33-31(35)36)27-10-8-9-15-32-27)26-18-22(5)34(23(26)6)29-20(3)16-19(2)17-21(29)4/h8-18,28,30H,7H2,1-6H3,(H,33,36)/t28-,30-/m0/s1. The zero-order valence-electron chi connectivity index (χ0n) is 22.0. The van der Waals surface area contributed by atoms with E-state index in [4.69, 9.17) is 17.2 Å². The van der Waals surface area contributed by atoms with E-state index in [1.807, 2.05) is 18.3 Å². The molecule has 1 N–H and O–H groups in total. The molecule has 184 valence electrons. The van der Waals surface area contributed by atoms with Gasteiger partial charge in [-0.05, 0) is 106 Å². The molecule has 1 aliphatic heterocycles. The lowest BCUT2D eigenvalue weighted by molar-refractivity contribution is 0.565. The number of rotatable bonds is 5. The lowest BCUT2D eigenvalue weighted by Gasteiger charge is -2.28. The molecule has 1 saturated heterocycles. The van der Waals surface area contributed by atoms with Crippen LogP contribution < -0.4 is 10.2 Å². The SMILES string of the molecule is CCc1ccc(N2C(=S)N[C@@H](c3ccccn3)[C@@H]2c2cc(C)n(-c3c(C)cc(C)cc3C)c2C)cc1. The van der Waals surface area contributed by atoms with Gasteiger partial charge < -0.3 is 14.8 Å². The number of anilines is 1. The molecular weight excluding hydrogens is 460 g/mol. The normalized spacial score (nSPS) is 17.5. The number of benzene rings is 2. The van der Waals surface area contributed by atoms with E-state index in [9.17, 15) is 0 Å². The highest BCUT2D eigenvalue weighted by Crippen LogP contribution is 2.44. The van der Waals surface area contributed by atoms with Crippen LogP contribution in [-0.4, -0.2) is 14.7 Å². The van der Waals surface area contributed by atoms with Crippen LogP contribution in [0.25, 0.3) is 5.69 Å². The molecule has 1 fully saturated rings. The Hall–Kier alpha value is -3.44. The van der Waals surface area contributed by atoms with Crippen molar-refractivity contribution >= 4 is 23.0 Å². The highest BCUT2D eigenvalue weighted by molar-refractivity contribution is 7.80. The molecule has 5 rings (SSSR count). The lowest BCUT2D eigenvalue weighted by Crippen LogP contribution is -2.29. The summed E-state index contributed by atoms with van der Waals surface area (Å²) in [5.74, 6) is 0. The summed E-state index contributed by atoms with van der Waals surface area (Å²) in [5, 5.41) is 4.34. The molecule has 0 saturated carbocycles. The molecule has 0 bridgehead atoms. The summed E-state index contributed by atoms with van der Waals surface area (Å²) in [6, 6.07) is 21.7. The first-order valence-electron chi connectivity index (χ1n) is 12.7. The Bertz CT molecular complexity index is 1400. The number of pyridine rings is 1. The fourth-order valence-electron chi connectivity index (χ4n) is 5.80. The van der Waals surface area contributed by atoms with Crippen molar-refractivity contribution in [2.45, 2.75) is 60.0 Å². The molecule has 36 heavy (non-hydrogen) atoms. The van der Waals surface area contributed by atoms with Crippen LogP contribution in [-0.2, 0) is 6.42 Å². The third-order valence-electron chi connectivity index (χ3n) is 7.37. The maximum absolute atomic E-state index is 5.95. The summed E-state index contributed by atoms with van der Waals surface area (Å²) < 4.78 is 2.41. The van der Waals surface area contributed by atoms with Crippen molar-refractivity contribution in [3.8, 4) is 5.69 Å². The molecule has 1 aliphatic rings. The highest BCUT2D eigenvalue weighted by Gasteiger charge is 2.42. The number of aromatic nitrogens is 2. The summed E-state index contributed by atoms with van der Waals surface area (Å²) >= 11 is 5.95. The summed E-state index contributed by atoms with van der Waals surface area (Å²) in [6.45, 7) is 13.2. The van der Waals surface area contributed by atoms with Crippen LogP contribution in [0, 0.1) is 34.6 Å². The Labute approximate surface area is 220 Å². The Kier molecular flexibility index (Phi) is 6.44. The van der Waals surface area contributed by atoms with Crippen LogP contribution in [0.3, 0.4) is 0 Å². The van der Waals surface area contributed by atoms with Gasteiger partial charge in [-0.15, -0.1) is 0 Å². The van der Waals surface area contributed by atoms with Gasteiger partial charge in [0, 0.05) is 23.3 Å². The maximum atomic E-state index is 5.95. The van der Waals surface area contributed by atoms with E-state index in [0.29, 0.717) is 0 Å². The maximum Gasteiger partial charge on any atom is 0.174 e. The number of hydrogen-bond donors (Lipinski definition) is 1. The van der Waals surface area contributed by atoms with Gasteiger partial charge in [0.05, 0.1) is 23.5 Å². The van der Waals surface area contributed by atoms with Crippen LogP contribution in [0.15, 0.2) is 66.9 Å². The van der Waals surface area contributed by atoms with Crippen molar-refractivity contribution in [2.75, 3.05) is 4.90 Å². The van der Waals surface area contributed by atoms with Crippen molar-refractivity contribution in [3.63, 3.8) is 0 Å². The molecule has 0 radical (unpaired) electrons. The van der Waals surface area contributed by atoms with Crippen LogP contribution in [0.4, 0.5) is 5.69 Å². The second-order valence-electron chi connectivity index (χ2n) is 9.93. The van der Waals surface area contributed by atoms with E-state index in [1.165, 1.54) is 44.9 Å². The average Bonchev–Trinajstić information content (AvgIpc) is 3.35. The van der Waals surface area contributed by atoms with Gasteiger partial charge in [-0.1, -0.05) is 42.8 Å². The minimum atomic E-state index is -0.0567. The topological polar surface area (TPSA) is 33.1 Å². The van der Waals surface area contributed by atoms with Crippen LogP contribution >= 0.6 is 12.2 Å². The second kappa shape index (κ2) is 9.55. The van der Waals surface area contributed by atoms with E-state index in [1.54, 1.807) is 0 Å². The Balaban J connectivity index is 1.69. The molecule has 0 spiro atoms. The van der Waals surface area contributed by atoms with E-state index >= 15 is 0 Å². The van der Waals surface area contributed by atoms with E-state index < -0.39 is 0 Å². The van der Waals surface area contributed by atoms with E-state index in [-0.39, 0.29) is 12.1 Å². The van der Waals surface area contributed by atoms with Gasteiger partial charge in [-0.3, -0.25) is 4.98 Å². The molecule has 0 amide bonds. The van der Waals surface area contributed by atoms with Gasteiger partial charge in [0.2, 0.25) is 0 Å². The zero-order chi connectivity index (χ0) is 25.6. The van der Waals surface area contributed by atoms with Crippen molar-refractivity contribution in [2.24, 2.45) is 0 Å². The molecule has 0 aliphatic carbocycles. The molecule has 4 nitrogen and oxygen atoms in total. The van der Waals surface area contributed by atoms with E-state index in [2.05, 4.69) is 105 Å². The number of thiocarbonyl (C=S) groups is 1. The first kappa shape index (κ1) is 24.3. The molecule has 3 heterocycles. The summed E-state index contributed by atoms with van der Waals surface area (Å²) in [5.41, 5.74) is 12.2. The van der Waals surface area contributed by atoms with Crippen LogP contribution in [0.2, 0.25) is 0 Å². The van der Waals surface area contributed by atoms with Gasteiger partial charge in [0.25, 0.3) is 0 Å². The summed E-state index contributed by atoms with van der Waals surface area (Å²) in [6.07, 6.45) is 2.87. The average molecular weight is 495 g/mol. The van der Waals surface area contributed by atoms with Crippen molar-refractivity contribution in [1.29, 1.82) is 0 Å². The molecular formula is C31H34N4S. The molecule has 4 aromatic rings. The summed E-state index contributed by atoms with van der Waals surface area (Å²) in [4.78, 5) is 7.00. The third kappa shape index (κ3) is 4.11. The minimum Gasteiger partial charge on any atom is -0.351 e. The fourth-order valence-corrected chi connectivity index (χ4v) is 6.14. The van der Waals surface area contributed by atoms with Crippen molar-refractivity contribution in [3.05, 3.63) is 112 Å². The number of nitrogens with one attached hydrogen (secondary N) is 1. The summed E-state index contributed by atoms with van der Waals surface area (Å²) in [7, 11) is 0. The third-order valence-corrected chi connectivity index (χ3v) is 7.68. The van der Waals surface area contributed by atoms with Crippen LogP contribution in [0.1, 0.15) is 63.9 Å². The van der Waals surface area contributed by atoms with Gasteiger partial charge in [0.1, 0.15) is 0 Å². The molecule has 5 heteroatoms. The van der Waals surface area contributed by atoms with Crippen molar-refractivity contribution in [1.82, 2.24) is 14.9 Å². The lowest BCUT2D eigenvalue weighted by atomic mass is 9.96. The second-order valence-corrected chi connectivity index (χ2v) is 10.3. The van der Waals surface area contributed by atoms with Crippen LogP contribution in [0.5, 0.6) is 0 Å². The fraction of sp³-hybridized carbons (Fsp3) is 0.290. The number of aryl methyl sites for hydroxylation is 5. The van der Waals surface area contributed by atoms with Gasteiger partial charge in [-0.25, -0.2) is 0 Å². The Morgan fingerprint density at radius 3 is 2.22 bits per heavy atom. The Morgan fingerprint density at radius 2 is 1.61 bits per heavy atom. The minimum absolute atomic E-state index is 0.0223. The Morgan fingerprint density at radius 1 is 0.917 bits per heavy atom. The first-order chi connectivity index (χ1) is 17.3. The van der Waals surface area contributed by atoms with Gasteiger partial charge >= 0.3 is 0 Å². The van der Waals surface area contributed by atoms with Crippen molar-refractivity contribution < 1.29 is 0 Å². The van der Waals surface area contributed by atoms with Gasteiger partial charge in [-0.2, -0.15) is 0 Å². The first-order valence-corrected chi connectivity index (χ1v) is 13.1. The van der Waals surface area contributed by atoms with E-state index in [0.717, 1.165) is 22.9 Å². The predicted octanol–water partition coefficient (Wildman–Crippen LogP) is 7.15. The monoisotopic (exact) mass is 494 g/mol. The highest BCUT2D eigenvalue weighted by atomic mass is 32.1.